The van der Waals surface area contributed by atoms with Crippen LogP contribution in [0.3, 0.4) is 0 Å². The van der Waals surface area contributed by atoms with Gasteiger partial charge < -0.3 is 5.11 Å². The van der Waals surface area contributed by atoms with Gasteiger partial charge in [-0.3, -0.25) is 0 Å². The van der Waals surface area contributed by atoms with Gasteiger partial charge in [-0.15, -0.1) is 11.8 Å². The number of carboxylic acids is 1. The largest absolute Gasteiger partial charge is 0.478 e. The Morgan fingerprint density at radius 1 is 1.31 bits per heavy atom. The number of benzene rings is 1. The maximum absolute atomic E-state index is 10.8. The minimum absolute atomic E-state index is 0.399. The summed E-state index contributed by atoms with van der Waals surface area (Å²) in [6, 6.07) is 3.65. The van der Waals surface area contributed by atoms with E-state index in [-0.39, 0.29) is 0 Å². The van der Waals surface area contributed by atoms with Crippen molar-refractivity contribution in [1.29, 1.82) is 0 Å². The Balaban J connectivity index is 3.33. The normalized spacial score (nSPS) is 10.1. The van der Waals surface area contributed by atoms with E-state index < -0.39 is 5.97 Å². The van der Waals surface area contributed by atoms with Gasteiger partial charge in [-0.2, -0.15) is 0 Å². The summed E-state index contributed by atoms with van der Waals surface area (Å²) in [5.74, 6) is -0.854. The number of hydrogen-bond donors (Lipinski definition) is 1. The van der Waals surface area contributed by atoms with Gasteiger partial charge in [0.05, 0.1) is 5.56 Å². The van der Waals surface area contributed by atoms with Gasteiger partial charge in [-0.05, 0) is 43.4 Å². The van der Waals surface area contributed by atoms with Crippen molar-refractivity contribution in [3.63, 3.8) is 0 Å². The van der Waals surface area contributed by atoms with E-state index in [0.29, 0.717) is 5.56 Å². The summed E-state index contributed by atoms with van der Waals surface area (Å²) < 4.78 is 0. The predicted molar refractivity (Wildman–Crippen MR) is 54.7 cm³/mol. The van der Waals surface area contributed by atoms with Crippen molar-refractivity contribution in [1.82, 2.24) is 0 Å². The molecule has 0 heterocycles. The van der Waals surface area contributed by atoms with Gasteiger partial charge in [-0.1, -0.05) is 0 Å². The minimum Gasteiger partial charge on any atom is -0.478 e. The number of rotatable bonds is 2. The molecule has 0 saturated heterocycles. The maximum atomic E-state index is 10.8. The van der Waals surface area contributed by atoms with Crippen LogP contribution in [0.2, 0.25) is 0 Å². The fourth-order valence-corrected chi connectivity index (χ4v) is 1.79. The third kappa shape index (κ3) is 2.04. The SMILES string of the molecule is CSc1cc(C)c(C)cc1C(=O)O. The molecule has 1 aromatic rings. The first kappa shape index (κ1) is 10.1. The van der Waals surface area contributed by atoms with Crippen molar-refractivity contribution >= 4 is 17.7 Å². The molecule has 3 heteroatoms. The summed E-state index contributed by atoms with van der Waals surface area (Å²) in [6.07, 6.45) is 1.89. The molecule has 13 heavy (non-hydrogen) atoms. The molecule has 0 atom stereocenters. The zero-order valence-corrected chi connectivity index (χ0v) is 8.73. The highest BCUT2D eigenvalue weighted by Gasteiger charge is 2.10. The Kier molecular flexibility index (Phi) is 2.98. The molecule has 2 nitrogen and oxygen atoms in total. The van der Waals surface area contributed by atoms with Crippen molar-refractivity contribution in [3.05, 3.63) is 28.8 Å². The number of hydrogen-bond acceptors (Lipinski definition) is 2. The molecule has 0 bridgehead atoms. The fraction of sp³-hybridized carbons (Fsp3) is 0.300. The highest BCUT2D eigenvalue weighted by molar-refractivity contribution is 7.98. The van der Waals surface area contributed by atoms with Gasteiger partial charge in [0.1, 0.15) is 0 Å². The molecule has 0 aliphatic heterocycles. The first-order chi connectivity index (χ1) is 6.06. The lowest BCUT2D eigenvalue weighted by molar-refractivity contribution is 0.0693. The molecule has 0 aliphatic carbocycles. The van der Waals surface area contributed by atoms with E-state index in [9.17, 15) is 4.79 Å². The molecule has 0 fully saturated rings. The number of carboxylic acid groups (broad SMARTS) is 1. The molecule has 1 N–H and O–H groups in total. The molecule has 0 amide bonds. The number of aryl methyl sites for hydroxylation is 2. The van der Waals surface area contributed by atoms with Crippen LogP contribution >= 0.6 is 11.8 Å². The number of aromatic carboxylic acids is 1. The summed E-state index contributed by atoms with van der Waals surface area (Å²) in [5.41, 5.74) is 2.56. The van der Waals surface area contributed by atoms with Gasteiger partial charge in [0, 0.05) is 4.90 Å². The summed E-state index contributed by atoms with van der Waals surface area (Å²) >= 11 is 1.47. The average Bonchev–Trinajstić information content (AvgIpc) is 2.08. The van der Waals surface area contributed by atoms with Crippen molar-refractivity contribution < 1.29 is 9.90 Å². The van der Waals surface area contributed by atoms with Crippen LogP contribution in [0, 0.1) is 13.8 Å². The maximum Gasteiger partial charge on any atom is 0.336 e. The molecule has 70 valence electrons. The van der Waals surface area contributed by atoms with Crippen LogP contribution in [0.5, 0.6) is 0 Å². The van der Waals surface area contributed by atoms with Crippen LogP contribution in [0.1, 0.15) is 21.5 Å². The Morgan fingerprint density at radius 2 is 1.85 bits per heavy atom. The molecule has 0 saturated carbocycles. The summed E-state index contributed by atoms with van der Waals surface area (Å²) in [7, 11) is 0. The lowest BCUT2D eigenvalue weighted by atomic mass is 10.1. The van der Waals surface area contributed by atoms with Crippen LogP contribution < -0.4 is 0 Å². The van der Waals surface area contributed by atoms with E-state index in [1.165, 1.54) is 11.8 Å². The third-order valence-electron chi connectivity index (χ3n) is 2.05. The molecule has 0 aliphatic rings. The lowest BCUT2D eigenvalue weighted by Gasteiger charge is -2.06. The Bertz CT molecular complexity index is 345. The molecule has 1 aromatic carbocycles. The molecule has 0 aromatic heterocycles. The Hall–Kier alpha value is -0.960. The fourth-order valence-electron chi connectivity index (χ4n) is 1.13. The quantitative estimate of drug-likeness (QED) is 0.739. The first-order valence-corrected chi connectivity index (χ1v) is 5.17. The third-order valence-corrected chi connectivity index (χ3v) is 2.82. The summed E-state index contributed by atoms with van der Waals surface area (Å²) in [6.45, 7) is 3.91. The average molecular weight is 196 g/mol. The second-order valence-electron chi connectivity index (χ2n) is 2.94. The standard InChI is InChI=1S/C10H12O2S/c1-6-4-8(10(11)12)9(13-3)5-7(6)2/h4-5H,1-3H3,(H,11,12). The molecule has 0 unspecified atom stereocenters. The van der Waals surface area contributed by atoms with E-state index in [4.69, 9.17) is 5.11 Å². The second-order valence-corrected chi connectivity index (χ2v) is 3.79. The highest BCUT2D eigenvalue weighted by Crippen LogP contribution is 2.24. The van der Waals surface area contributed by atoms with Crippen molar-refractivity contribution in [2.45, 2.75) is 18.7 Å². The molecule has 0 spiro atoms. The Labute approximate surface area is 82.0 Å². The summed E-state index contributed by atoms with van der Waals surface area (Å²) in [4.78, 5) is 11.7. The van der Waals surface area contributed by atoms with E-state index in [0.717, 1.165) is 16.0 Å². The van der Waals surface area contributed by atoms with Crippen LogP contribution in [-0.4, -0.2) is 17.3 Å². The van der Waals surface area contributed by atoms with Crippen molar-refractivity contribution in [2.75, 3.05) is 6.26 Å². The molecular weight excluding hydrogens is 184 g/mol. The first-order valence-electron chi connectivity index (χ1n) is 3.94. The smallest absolute Gasteiger partial charge is 0.336 e. The predicted octanol–water partition coefficient (Wildman–Crippen LogP) is 2.72. The molecular formula is C10H12O2S. The van der Waals surface area contributed by atoms with Crippen LogP contribution in [-0.2, 0) is 0 Å². The Morgan fingerprint density at radius 3 is 2.31 bits per heavy atom. The topological polar surface area (TPSA) is 37.3 Å². The molecule has 0 radical (unpaired) electrons. The highest BCUT2D eigenvalue weighted by atomic mass is 32.2. The summed E-state index contributed by atoms with van der Waals surface area (Å²) in [5, 5.41) is 8.90. The second kappa shape index (κ2) is 3.83. The van der Waals surface area contributed by atoms with Crippen molar-refractivity contribution in [3.8, 4) is 0 Å². The van der Waals surface area contributed by atoms with Gasteiger partial charge in [-0.25, -0.2) is 4.79 Å². The van der Waals surface area contributed by atoms with Gasteiger partial charge in [0.15, 0.2) is 0 Å². The number of thioether (sulfide) groups is 1. The van der Waals surface area contributed by atoms with Gasteiger partial charge >= 0.3 is 5.97 Å². The van der Waals surface area contributed by atoms with Crippen LogP contribution in [0.4, 0.5) is 0 Å². The zero-order chi connectivity index (χ0) is 10.0. The monoisotopic (exact) mass is 196 g/mol. The van der Waals surface area contributed by atoms with Crippen LogP contribution in [0.15, 0.2) is 17.0 Å². The number of carbonyl (C=O) groups is 1. The minimum atomic E-state index is -0.854. The van der Waals surface area contributed by atoms with E-state index >= 15 is 0 Å². The molecule has 1 rings (SSSR count). The van der Waals surface area contributed by atoms with Gasteiger partial charge in [0.2, 0.25) is 0 Å². The van der Waals surface area contributed by atoms with E-state index in [1.807, 2.05) is 26.2 Å². The van der Waals surface area contributed by atoms with E-state index in [2.05, 4.69) is 0 Å². The van der Waals surface area contributed by atoms with Gasteiger partial charge in [0.25, 0.3) is 0 Å². The van der Waals surface area contributed by atoms with Crippen molar-refractivity contribution in [2.24, 2.45) is 0 Å². The lowest BCUT2D eigenvalue weighted by Crippen LogP contribution is -2.00. The zero-order valence-electron chi connectivity index (χ0n) is 7.92. The van der Waals surface area contributed by atoms with Crippen LogP contribution in [0.25, 0.3) is 0 Å². The van der Waals surface area contributed by atoms with E-state index in [1.54, 1.807) is 6.07 Å².